The summed E-state index contributed by atoms with van der Waals surface area (Å²) in [6, 6.07) is 0. The average molecular weight is 506 g/mol. The Hall–Kier alpha value is 0. The monoisotopic (exact) mass is 506 g/mol. The SMILES string of the molecule is [CH2]CCC(CCCCCCCC)CCCCCCCCCCCCCCCCCCCCCCCC. The summed E-state index contributed by atoms with van der Waals surface area (Å²) in [5.74, 6) is 0.971. The Balaban J connectivity index is 3.25. The highest BCUT2D eigenvalue weighted by Gasteiger charge is 2.07. The van der Waals surface area contributed by atoms with Gasteiger partial charge in [0.1, 0.15) is 0 Å². The van der Waals surface area contributed by atoms with E-state index in [2.05, 4.69) is 20.8 Å². The first-order valence-corrected chi connectivity index (χ1v) is 17.6. The van der Waals surface area contributed by atoms with E-state index in [1.54, 1.807) is 0 Å². The highest BCUT2D eigenvalue weighted by atomic mass is 14.1. The zero-order valence-electron chi connectivity index (χ0n) is 25.9. The minimum Gasteiger partial charge on any atom is -0.0654 e. The Morgan fingerprint density at radius 2 is 0.528 bits per heavy atom. The van der Waals surface area contributed by atoms with Crippen molar-refractivity contribution in [3.8, 4) is 0 Å². The number of unbranched alkanes of at least 4 members (excludes halogenated alkanes) is 26. The Labute approximate surface area is 232 Å². The van der Waals surface area contributed by atoms with Crippen molar-refractivity contribution >= 4 is 0 Å². The first-order valence-electron chi connectivity index (χ1n) is 17.6. The molecule has 0 amide bonds. The molecule has 0 nitrogen and oxygen atoms in total. The molecule has 0 saturated carbocycles. The lowest BCUT2D eigenvalue weighted by molar-refractivity contribution is 0.382. The van der Waals surface area contributed by atoms with E-state index in [1.165, 1.54) is 199 Å². The van der Waals surface area contributed by atoms with Gasteiger partial charge in [-0.3, -0.25) is 0 Å². The second-order valence-corrected chi connectivity index (χ2v) is 12.3. The molecule has 0 aliphatic carbocycles. The maximum absolute atomic E-state index is 4.13. The molecule has 0 aromatic rings. The van der Waals surface area contributed by atoms with Crippen LogP contribution in [0.1, 0.15) is 219 Å². The Bertz CT molecular complexity index is 359. The molecule has 1 atom stereocenters. The van der Waals surface area contributed by atoms with Crippen LogP contribution in [0.4, 0.5) is 0 Å². The zero-order valence-corrected chi connectivity index (χ0v) is 25.9. The summed E-state index contributed by atoms with van der Waals surface area (Å²) < 4.78 is 0. The molecule has 0 heteroatoms. The first-order chi connectivity index (χ1) is 17.8. The van der Waals surface area contributed by atoms with Gasteiger partial charge >= 0.3 is 0 Å². The minimum atomic E-state index is 0.971. The quantitative estimate of drug-likeness (QED) is 0.0797. The third kappa shape index (κ3) is 30.2. The van der Waals surface area contributed by atoms with Crippen molar-refractivity contribution < 1.29 is 0 Å². The van der Waals surface area contributed by atoms with Gasteiger partial charge in [0.25, 0.3) is 0 Å². The van der Waals surface area contributed by atoms with E-state index in [-0.39, 0.29) is 0 Å². The molecule has 0 fully saturated rings. The fourth-order valence-corrected chi connectivity index (χ4v) is 5.98. The zero-order chi connectivity index (χ0) is 26.2. The van der Waals surface area contributed by atoms with Crippen LogP contribution in [0, 0.1) is 12.8 Å². The van der Waals surface area contributed by atoms with Crippen LogP contribution in [0.3, 0.4) is 0 Å². The average Bonchev–Trinajstić information content (AvgIpc) is 2.89. The van der Waals surface area contributed by atoms with Crippen LogP contribution in [0.15, 0.2) is 0 Å². The Kier molecular flexibility index (Phi) is 33.0. The van der Waals surface area contributed by atoms with Gasteiger partial charge < -0.3 is 0 Å². The Morgan fingerprint density at radius 1 is 0.306 bits per heavy atom. The molecular formula is C36H73. The summed E-state index contributed by atoms with van der Waals surface area (Å²) >= 11 is 0. The van der Waals surface area contributed by atoms with Crippen molar-refractivity contribution in [1.82, 2.24) is 0 Å². The predicted molar refractivity (Wildman–Crippen MR) is 168 cm³/mol. The molecule has 0 aliphatic heterocycles. The summed E-state index contributed by atoms with van der Waals surface area (Å²) in [7, 11) is 0. The second kappa shape index (κ2) is 33.0. The molecule has 0 saturated heterocycles. The van der Waals surface area contributed by atoms with Crippen molar-refractivity contribution in [3.05, 3.63) is 6.92 Å². The highest BCUT2D eigenvalue weighted by molar-refractivity contribution is 4.62. The molecular weight excluding hydrogens is 432 g/mol. The van der Waals surface area contributed by atoms with E-state index < -0.39 is 0 Å². The lowest BCUT2D eigenvalue weighted by atomic mass is 9.90. The smallest absolute Gasteiger partial charge is 0.0414 e. The molecule has 217 valence electrons. The molecule has 1 unspecified atom stereocenters. The third-order valence-corrected chi connectivity index (χ3v) is 8.54. The van der Waals surface area contributed by atoms with E-state index in [4.69, 9.17) is 0 Å². The summed E-state index contributed by atoms with van der Waals surface area (Å²) in [4.78, 5) is 0. The van der Waals surface area contributed by atoms with Crippen LogP contribution >= 0.6 is 0 Å². The molecule has 0 rings (SSSR count). The van der Waals surface area contributed by atoms with Crippen molar-refractivity contribution in [2.24, 2.45) is 5.92 Å². The van der Waals surface area contributed by atoms with Gasteiger partial charge in [-0.15, -0.1) is 0 Å². The molecule has 0 heterocycles. The van der Waals surface area contributed by atoms with Gasteiger partial charge in [0.15, 0.2) is 0 Å². The van der Waals surface area contributed by atoms with Crippen LogP contribution < -0.4 is 0 Å². The van der Waals surface area contributed by atoms with E-state index in [9.17, 15) is 0 Å². The molecule has 0 aliphatic rings. The van der Waals surface area contributed by atoms with Crippen LogP contribution in [0.25, 0.3) is 0 Å². The standard InChI is InChI=1S/C36H73/c1-4-7-9-11-13-14-15-16-17-18-19-20-21-22-23-24-25-26-27-28-30-32-35-36(33-6-3)34-31-29-12-10-8-5-2/h36H,3-35H2,1-2H3. The maximum Gasteiger partial charge on any atom is -0.0414 e. The predicted octanol–water partition coefficient (Wildman–Crippen LogP) is 14.0. The van der Waals surface area contributed by atoms with Crippen molar-refractivity contribution in [2.45, 2.75) is 219 Å². The molecule has 0 N–H and O–H groups in total. The summed E-state index contributed by atoms with van der Waals surface area (Å²) in [5.41, 5.74) is 0. The number of hydrogen-bond acceptors (Lipinski definition) is 0. The van der Waals surface area contributed by atoms with Gasteiger partial charge in [0.05, 0.1) is 0 Å². The summed E-state index contributed by atoms with van der Waals surface area (Å²) in [6.07, 6.45) is 46.6. The van der Waals surface area contributed by atoms with Crippen LogP contribution in [-0.2, 0) is 0 Å². The van der Waals surface area contributed by atoms with E-state index in [0.29, 0.717) is 0 Å². The van der Waals surface area contributed by atoms with Crippen molar-refractivity contribution in [1.29, 1.82) is 0 Å². The third-order valence-electron chi connectivity index (χ3n) is 8.54. The van der Waals surface area contributed by atoms with Crippen molar-refractivity contribution in [3.63, 3.8) is 0 Å². The minimum absolute atomic E-state index is 0.971. The van der Waals surface area contributed by atoms with Gasteiger partial charge in [-0.25, -0.2) is 0 Å². The Morgan fingerprint density at radius 3 is 0.750 bits per heavy atom. The fourth-order valence-electron chi connectivity index (χ4n) is 5.98. The fraction of sp³-hybridized carbons (Fsp3) is 0.972. The van der Waals surface area contributed by atoms with Gasteiger partial charge in [-0.1, -0.05) is 226 Å². The maximum atomic E-state index is 4.13. The van der Waals surface area contributed by atoms with Crippen LogP contribution in [0.5, 0.6) is 0 Å². The van der Waals surface area contributed by atoms with Gasteiger partial charge in [0, 0.05) is 0 Å². The molecule has 0 aromatic heterocycles. The number of rotatable bonds is 32. The second-order valence-electron chi connectivity index (χ2n) is 12.3. The molecule has 0 aromatic carbocycles. The van der Waals surface area contributed by atoms with Crippen LogP contribution in [0.2, 0.25) is 0 Å². The normalized spacial score (nSPS) is 12.4. The lowest BCUT2D eigenvalue weighted by Gasteiger charge is -2.16. The van der Waals surface area contributed by atoms with Crippen molar-refractivity contribution in [2.75, 3.05) is 0 Å². The van der Waals surface area contributed by atoms with E-state index >= 15 is 0 Å². The largest absolute Gasteiger partial charge is 0.0654 e. The van der Waals surface area contributed by atoms with Gasteiger partial charge in [-0.05, 0) is 5.92 Å². The van der Waals surface area contributed by atoms with Gasteiger partial charge in [-0.2, -0.15) is 0 Å². The van der Waals surface area contributed by atoms with Gasteiger partial charge in [0.2, 0.25) is 0 Å². The summed E-state index contributed by atoms with van der Waals surface area (Å²) in [6.45, 7) is 8.75. The first kappa shape index (κ1) is 36.0. The van der Waals surface area contributed by atoms with E-state index in [1.807, 2.05) is 0 Å². The van der Waals surface area contributed by atoms with E-state index in [0.717, 1.165) is 12.3 Å². The molecule has 36 heavy (non-hydrogen) atoms. The molecule has 0 bridgehead atoms. The molecule has 1 radical (unpaired) electrons. The summed E-state index contributed by atoms with van der Waals surface area (Å²) in [5, 5.41) is 0. The number of hydrogen-bond donors (Lipinski definition) is 0. The highest BCUT2D eigenvalue weighted by Crippen LogP contribution is 2.23. The van der Waals surface area contributed by atoms with Crippen LogP contribution in [-0.4, -0.2) is 0 Å². The lowest BCUT2D eigenvalue weighted by Crippen LogP contribution is -2.00. The topological polar surface area (TPSA) is 0 Å². The molecule has 0 spiro atoms.